The number of methoxy groups -OCH3 is 1. The van der Waals surface area contributed by atoms with Crippen LogP contribution in [0, 0.1) is 0 Å². The first-order valence-electron chi connectivity index (χ1n) is 2.89. The molecule has 0 saturated heterocycles. The lowest BCUT2D eigenvalue weighted by atomic mass is 10.3. The first kappa shape index (κ1) is 7.38. The van der Waals surface area contributed by atoms with Gasteiger partial charge in [-0.05, 0) is 12.1 Å². The van der Waals surface area contributed by atoms with Crippen molar-refractivity contribution in [2.75, 3.05) is 7.11 Å². The van der Waals surface area contributed by atoms with E-state index in [1.54, 1.807) is 25.3 Å². The van der Waals surface area contributed by atoms with E-state index in [0.717, 1.165) is 11.4 Å². The van der Waals surface area contributed by atoms with Crippen molar-refractivity contribution in [3.63, 3.8) is 0 Å². The van der Waals surface area contributed by atoms with Crippen molar-refractivity contribution in [2.45, 2.75) is 0 Å². The molecule has 0 atom stereocenters. The quantitative estimate of drug-likeness (QED) is 0.656. The number of quaternary nitrogens is 1. The van der Waals surface area contributed by atoms with E-state index in [1.165, 1.54) is 0 Å². The van der Waals surface area contributed by atoms with Gasteiger partial charge < -0.3 is 10.5 Å². The van der Waals surface area contributed by atoms with Crippen LogP contribution >= 0.6 is 11.6 Å². The van der Waals surface area contributed by atoms with Crippen molar-refractivity contribution >= 4 is 17.3 Å². The molecule has 0 spiro atoms. The average molecular weight is 159 g/mol. The van der Waals surface area contributed by atoms with Gasteiger partial charge in [0.2, 0.25) is 0 Å². The molecule has 10 heavy (non-hydrogen) atoms. The van der Waals surface area contributed by atoms with Gasteiger partial charge in [0.05, 0.1) is 7.11 Å². The second-order valence-electron chi connectivity index (χ2n) is 1.96. The summed E-state index contributed by atoms with van der Waals surface area (Å²) < 4.78 is 4.95. The summed E-state index contributed by atoms with van der Waals surface area (Å²) in [5.74, 6) is 0.786. The predicted octanol–water partition coefficient (Wildman–Crippen LogP) is 1.22. The van der Waals surface area contributed by atoms with Gasteiger partial charge in [-0.25, -0.2) is 0 Å². The molecule has 1 aromatic carbocycles. The maximum absolute atomic E-state index is 5.72. The maximum Gasteiger partial charge on any atom is 0.150 e. The van der Waals surface area contributed by atoms with Crippen molar-refractivity contribution in [3.8, 4) is 5.75 Å². The Labute approximate surface area is 64.6 Å². The van der Waals surface area contributed by atoms with E-state index in [4.69, 9.17) is 16.3 Å². The summed E-state index contributed by atoms with van der Waals surface area (Å²) in [4.78, 5) is 0. The highest BCUT2D eigenvalue weighted by molar-refractivity contribution is 6.32. The molecule has 2 nitrogen and oxygen atoms in total. The fourth-order valence-corrected chi connectivity index (χ4v) is 0.796. The molecule has 54 valence electrons. The van der Waals surface area contributed by atoms with Gasteiger partial charge >= 0.3 is 0 Å². The van der Waals surface area contributed by atoms with Crippen LogP contribution < -0.4 is 10.5 Å². The lowest BCUT2D eigenvalue weighted by molar-refractivity contribution is -0.254. The number of halogens is 1. The maximum atomic E-state index is 5.72. The smallest absolute Gasteiger partial charge is 0.150 e. The number of hydrogen-bond acceptors (Lipinski definition) is 1. The summed E-state index contributed by atoms with van der Waals surface area (Å²) in [5, 5.41) is 0.667. The zero-order valence-corrected chi connectivity index (χ0v) is 6.48. The Kier molecular flexibility index (Phi) is 2.14. The molecule has 0 aliphatic carbocycles. The Balaban J connectivity index is 3.04. The Hall–Kier alpha value is -0.730. The number of ether oxygens (including phenoxy) is 1. The Morgan fingerprint density at radius 2 is 2.20 bits per heavy atom. The lowest BCUT2D eigenvalue weighted by Crippen LogP contribution is -2.40. The molecule has 3 N–H and O–H groups in total. The van der Waals surface area contributed by atoms with Crippen molar-refractivity contribution in [1.82, 2.24) is 0 Å². The third-order valence-corrected chi connectivity index (χ3v) is 1.62. The van der Waals surface area contributed by atoms with Gasteiger partial charge in [-0.1, -0.05) is 11.6 Å². The van der Waals surface area contributed by atoms with E-state index in [2.05, 4.69) is 5.73 Å². The van der Waals surface area contributed by atoms with Crippen molar-refractivity contribution in [1.29, 1.82) is 0 Å². The van der Waals surface area contributed by atoms with E-state index < -0.39 is 0 Å². The molecular weight excluding hydrogens is 150 g/mol. The third-order valence-electron chi connectivity index (χ3n) is 1.25. The van der Waals surface area contributed by atoms with Gasteiger partial charge in [0.25, 0.3) is 0 Å². The van der Waals surface area contributed by atoms with Crippen LogP contribution in [0.25, 0.3) is 0 Å². The summed E-state index contributed by atoms with van der Waals surface area (Å²) in [6.45, 7) is 0. The monoisotopic (exact) mass is 158 g/mol. The highest BCUT2D eigenvalue weighted by atomic mass is 35.5. The van der Waals surface area contributed by atoms with E-state index >= 15 is 0 Å². The minimum absolute atomic E-state index is 0.667. The number of hydrogen-bond donors (Lipinski definition) is 1. The molecule has 0 aliphatic heterocycles. The minimum Gasteiger partial charge on any atom is -0.497 e. The molecule has 0 radical (unpaired) electrons. The Bertz CT molecular complexity index is 237. The highest BCUT2D eigenvalue weighted by Gasteiger charge is 1.99. The fraction of sp³-hybridized carbons (Fsp3) is 0.143. The summed E-state index contributed by atoms with van der Waals surface area (Å²) in [6.07, 6.45) is 0. The first-order chi connectivity index (χ1) is 4.74. The van der Waals surface area contributed by atoms with Gasteiger partial charge in [0.1, 0.15) is 16.5 Å². The Morgan fingerprint density at radius 3 is 2.70 bits per heavy atom. The summed E-state index contributed by atoms with van der Waals surface area (Å²) in [6, 6.07) is 5.36. The van der Waals surface area contributed by atoms with Crippen LogP contribution in [0.4, 0.5) is 5.69 Å². The first-order valence-corrected chi connectivity index (χ1v) is 3.27. The molecule has 0 heterocycles. The molecule has 1 rings (SSSR count). The average Bonchev–Trinajstić information content (AvgIpc) is 1.95. The minimum atomic E-state index is 0.667. The van der Waals surface area contributed by atoms with E-state index in [1.807, 2.05) is 0 Å². The molecule has 0 amide bonds. The van der Waals surface area contributed by atoms with Gasteiger partial charge in [0.15, 0.2) is 0 Å². The zero-order valence-electron chi connectivity index (χ0n) is 5.73. The number of rotatable bonds is 1. The van der Waals surface area contributed by atoms with E-state index in [0.29, 0.717) is 5.02 Å². The Morgan fingerprint density at radius 1 is 1.50 bits per heavy atom. The predicted molar refractivity (Wildman–Crippen MR) is 40.6 cm³/mol. The summed E-state index contributed by atoms with van der Waals surface area (Å²) in [7, 11) is 1.61. The molecule has 0 saturated carbocycles. The van der Waals surface area contributed by atoms with Gasteiger partial charge in [-0.3, -0.25) is 0 Å². The molecule has 0 bridgehead atoms. The van der Waals surface area contributed by atoms with Crippen LogP contribution in [-0.2, 0) is 0 Å². The van der Waals surface area contributed by atoms with Crippen LogP contribution in [-0.4, -0.2) is 7.11 Å². The van der Waals surface area contributed by atoms with Crippen LogP contribution in [0.1, 0.15) is 0 Å². The second kappa shape index (κ2) is 2.90. The van der Waals surface area contributed by atoms with Gasteiger partial charge in [-0.15, -0.1) is 0 Å². The van der Waals surface area contributed by atoms with E-state index in [9.17, 15) is 0 Å². The second-order valence-corrected chi connectivity index (χ2v) is 2.36. The standard InChI is InChI=1S/C7H8ClNO/c1-10-5-2-3-6(8)7(9)4-5/h2-4H,9H2,1H3/p+1. The summed E-state index contributed by atoms with van der Waals surface area (Å²) in [5.41, 5.74) is 4.51. The highest BCUT2D eigenvalue weighted by Crippen LogP contribution is 2.21. The van der Waals surface area contributed by atoms with Crippen LogP contribution in [0.3, 0.4) is 0 Å². The van der Waals surface area contributed by atoms with Crippen molar-refractivity contribution in [3.05, 3.63) is 23.2 Å². The van der Waals surface area contributed by atoms with Crippen LogP contribution in [0.2, 0.25) is 5.02 Å². The molecule has 0 fully saturated rings. The fourth-order valence-electron chi connectivity index (χ4n) is 0.678. The molecule has 0 aliphatic rings. The topological polar surface area (TPSA) is 36.9 Å². The largest absolute Gasteiger partial charge is 0.497 e. The van der Waals surface area contributed by atoms with Gasteiger partial charge in [-0.2, -0.15) is 0 Å². The molecule has 0 unspecified atom stereocenters. The van der Waals surface area contributed by atoms with Crippen LogP contribution in [0.15, 0.2) is 18.2 Å². The van der Waals surface area contributed by atoms with Crippen molar-refractivity contribution in [2.24, 2.45) is 0 Å². The molecule has 1 aromatic rings. The molecule has 0 aromatic heterocycles. The van der Waals surface area contributed by atoms with E-state index in [-0.39, 0.29) is 0 Å². The van der Waals surface area contributed by atoms with Gasteiger partial charge in [0, 0.05) is 6.07 Å². The molecule has 3 heteroatoms. The zero-order chi connectivity index (χ0) is 7.56. The lowest BCUT2D eigenvalue weighted by Gasteiger charge is -1.98. The van der Waals surface area contributed by atoms with Crippen LogP contribution in [0.5, 0.6) is 5.75 Å². The normalized spacial score (nSPS) is 9.50. The molecular formula is C7H9ClNO+. The number of benzene rings is 1. The summed E-state index contributed by atoms with van der Waals surface area (Å²) >= 11 is 5.72. The third kappa shape index (κ3) is 1.40. The SMILES string of the molecule is COc1ccc(Cl)c([NH3+])c1. The van der Waals surface area contributed by atoms with Crippen molar-refractivity contribution < 1.29 is 10.5 Å².